The van der Waals surface area contributed by atoms with Gasteiger partial charge in [0.1, 0.15) is 11.4 Å². The number of likely N-dealkylation sites (tertiary alicyclic amines) is 1. The molecule has 3 heterocycles. The zero-order valence-corrected chi connectivity index (χ0v) is 15.8. The maximum Gasteiger partial charge on any atom is 0.410 e. The van der Waals surface area contributed by atoms with Gasteiger partial charge in [0.05, 0.1) is 6.04 Å². The summed E-state index contributed by atoms with van der Waals surface area (Å²) in [5.41, 5.74) is 0.654. The van der Waals surface area contributed by atoms with Crippen molar-refractivity contribution in [2.24, 2.45) is 0 Å². The van der Waals surface area contributed by atoms with Crippen LogP contribution in [0.15, 0.2) is 18.3 Å². The molecular formula is C20H31N3O2. The van der Waals surface area contributed by atoms with Gasteiger partial charge in [-0.25, -0.2) is 9.78 Å². The molecule has 2 fully saturated rings. The predicted octanol–water partition coefficient (Wildman–Crippen LogP) is 4.53. The monoisotopic (exact) mass is 345 g/mol. The molecule has 0 spiro atoms. The van der Waals surface area contributed by atoms with E-state index < -0.39 is 5.60 Å². The van der Waals surface area contributed by atoms with Crippen LogP contribution in [0.3, 0.4) is 0 Å². The Morgan fingerprint density at radius 2 is 1.80 bits per heavy atom. The zero-order valence-electron chi connectivity index (χ0n) is 15.8. The van der Waals surface area contributed by atoms with Gasteiger partial charge < -0.3 is 14.5 Å². The Hall–Kier alpha value is -1.78. The van der Waals surface area contributed by atoms with Gasteiger partial charge in [-0.15, -0.1) is 0 Å². The first kappa shape index (κ1) is 18.0. The third-order valence-corrected chi connectivity index (χ3v) is 4.97. The van der Waals surface area contributed by atoms with Crippen LogP contribution in [0.25, 0.3) is 0 Å². The minimum Gasteiger partial charge on any atom is -0.444 e. The second-order valence-electron chi connectivity index (χ2n) is 8.18. The number of carbonyl (C=O) groups excluding carboxylic acids is 1. The Kier molecular flexibility index (Phi) is 5.50. The van der Waals surface area contributed by atoms with Crippen molar-refractivity contribution in [2.45, 2.75) is 70.9 Å². The van der Waals surface area contributed by atoms with Crippen molar-refractivity contribution in [1.29, 1.82) is 0 Å². The van der Waals surface area contributed by atoms with E-state index >= 15 is 0 Å². The fourth-order valence-electron chi connectivity index (χ4n) is 3.73. The molecule has 3 rings (SSSR count). The molecule has 5 nitrogen and oxygen atoms in total. The van der Waals surface area contributed by atoms with Crippen molar-refractivity contribution >= 4 is 11.9 Å². The van der Waals surface area contributed by atoms with Gasteiger partial charge in [-0.2, -0.15) is 0 Å². The summed E-state index contributed by atoms with van der Waals surface area (Å²) < 4.78 is 5.56. The molecule has 0 N–H and O–H groups in total. The summed E-state index contributed by atoms with van der Waals surface area (Å²) in [4.78, 5) is 21.4. The average Bonchev–Trinajstić information content (AvgIpc) is 2.89. The van der Waals surface area contributed by atoms with Crippen molar-refractivity contribution in [3.63, 3.8) is 0 Å². The van der Waals surface area contributed by atoms with Gasteiger partial charge in [-0.3, -0.25) is 0 Å². The summed E-state index contributed by atoms with van der Waals surface area (Å²) in [5, 5.41) is 0. The Morgan fingerprint density at radius 1 is 1.08 bits per heavy atom. The maximum atomic E-state index is 12.5. The zero-order chi connectivity index (χ0) is 17.9. The molecule has 1 aromatic heterocycles. The third kappa shape index (κ3) is 4.65. The van der Waals surface area contributed by atoms with E-state index in [0.717, 1.165) is 43.9 Å². The molecule has 2 saturated heterocycles. The Bertz CT molecular complexity index is 572. The molecule has 0 unspecified atom stereocenters. The third-order valence-electron chi connectivity index (χ3n) is 4.97. The number of hydrogen-bond acceptors (Lipinski definition) is 4. The highest BCUT2D eigenvalue weighted by atomic mass is 16.6. The lowest BCUT2D eigenvalue weighted by Gasteiger charge is -2.29. The van der Waals surface area contributed by atoms with Crippen LogP contribution >= 0.6 is 0 Å². The van der Waals surface area contributed by atoms with Gasteiger partial charge in [0, 0.05) is 25.8 Å². The number of amides is 1. The van der Waals surface area contributed by atoms with Crippen LogP contribution in [0.5, 0.6) is 0 Å². The number of ether oxygens (including phenoxy) is 1. The molecule has 0 saturated carbocycles. The average molecular weight is 345 g/mol. The summed E-state index contributed by atoms with van der Waals surface area (Å²) in [5.74, 6) is 1.06. The fraction of sp³-hybridized carbons (Fsp3) is 0.700. The Labute approximate surface area is 151 Å². The molecule has 1 aromatic rings. The number of aromatic nitrogens is 1. The van der Waals surface area contributed by atoms with Crippen LogP contribution in [0, 0.1) is 0 Å². The van der Waals surface area contributed by atoms with E-state index in [-0.39, 0.29) is 12.1 Å². The van der Waals surface area contributed by atoms with Crippen LogP contribution in [0.4, 0.5) is 10.6 Å². The summed E-state index contributed by atoms with van der Waals surface area (Å²) in [6, 6.07) is 4.34. The lowest BCUT2D eigenvalue weighted by Crippen LogP contribution is -2.36. The molecule has 138 valence electrons. The SMILES string of the molecule is CC(C)(C)OC(=O)N1CCC[C@H]1c1ccc(N2CCCCCC2)nc1. The fourth-order valence-corrected chi connectivity index (χ4v) is 3.73. The molecule has 0 aromatic carbocycles. The quantitative estimate of drug-likeness (QED) is 0.790. The molecule has 25 heavy (non-hydrogen) atoms. The Balaban J connectivity index is 1.69. The molecule has 0 radical (unpaired) electrons. The first-order valence-corrected chi connectivity index (χ1v) is 9.64. The second-order valence-corrected chi connectivity index (χ2v) is 8.18. The number of anilines is 1. The lowest BCUT2D eigenvalue weighted by atomic mass is 10.1. The summed E-state index contributed by atoms with van der Waals surface area (Å²) in [7, 11) is 0. The van der Waals surface area contributed by atoms with Crippen LogP contribution in [0.1, 0.15) is 70.9 Å². The number of carbonyl (C=O) groups is 1. The van der Waals surface area contributed by atoms with Crippen LogP contribution in [-0.4, -0.2) is 41.2 Å². The first-order valence-electron chi connectivity index (χ1n) is 9.64. The van der Waals surface area contributed by atoms with Gasteiger partial charge in [0.25, 0.3) is 0 Å². The number of hydrogen-bond donors (Lipinski definition) is 0. The van der Waals surface area contributed by atoms with Crippen LogP contribution in [0.2, 0.25) is 0 Å². The highest BCUT2D eigenvalue weighted by Crippen LogP contribution is 2.33. The smallest absolute Gasteiger partial charge is 0.410 e. The molecular weight excluding hydrogens is 314 g/mol. The number of nitrogens with zero attached hydrogens (tertiary/aromatic N) is 3. The molecule has 1 amide bonds. The second kappa shape index (κ2) is 7.63. The van der Waals surface area contributed by atoms with Gasteiger partial charge in [0.2, 0.25) is 0 Å². The van der Waals surface area contributed by atoms with Crippen LogP contribution < -0.4 is 4.90 Å². The number of rotatable bonds is 2. The summed E-state index contributed by atoms with van der Waals surface area (Å²) in [6.45, 7) is 8.68. The highest BCUT2D eigenvalue weighted by Gasteiger charge is 2.33. The minimum absolute atomic E-state index is 0.0838. The largest absolute Gasteiger partial charge is 0.444 e. The number of pyridine rings is 1. The standard InChI is InChI=1S/C20H31N3O2/c1-20(2,3)25-19(24)23-14-8-9-17(23)16-10-11-18(21-15-16)22-12-6-4-5-7-13-22/h10-11,15,17H,4-9,12-14H2,1-3H3/t17-/m0/s1. The first-order chi connectivity index (χ1) is 11.9. The van der Waals surface area contributed by atoms with E-state index in [1.54, 1.807) is 0 Å². The van der Waals surface area contributed by atoms with E-state index in [1.807, 2.05) is 31.9 Å². The van der Waals surface area contributed by atoms with Crippen molar-refractivity contribution in [1.82, 2.24) is 9.88 Å². The van der Waals surface area contributed by atoms with Crippen molar-refractivity contribution in [2.75, 3.05) is 24.5 Å². The van der Waals surface area contributed by atoms with Gasteiger partial charge in [-0.05, 0) is 58.1 Å². The minimum atomic E-state index is -0.459. The molecule has 1 atom stereocenters. The van der Waals surface area contributed by atoms with Gasteiger partial charge >= 0.3 is 6.09 Å². The van der Waals surface area contributed by atoms with E-state index in [2.05, 4.69) is 17.0 Å². The summed E-state index contributed by atoms with van der Waals surface area (Å²) in [6.07, 6.45) is 8.86. The molecule has 2 aliphatic rings. The molecule has 2 aliphatic heterocycles. The molecule has 5 heteroatoms. The van der Waals surface area contributed by atoms with Crippen molar-refractivity contribution in [3.8, 4) is 0 Å². The van der Waals surface area contributed by atoms with Crippen molar-refractivity contribution in [3.05, 3.63) is 23.9 Å². The van der Waals surface area contributed by atoms with E-state index in [0.29, 0.717) is 0 Å². The molecule has 0 bridgehead atoms. The maximum absolute atomic E-state index is 12.5. The van der Waals surface area contributed by atoms with Gasteiger partial charge in [-0.1, -0.05) is 18.9 Å². The summed E-state index contributed by atoms with van der Waals surface area (Å²) >= 11 is 0. The Morgan fingerprint density at radius 3 is 2.40 bits per heavy atom. The predicted molar refractivity (Wildman–Crippen MR) is 99.8 cm³/mol. The van der Waals surface area contributed by atoms with Crippen LogP contribution in [-0.2, 0) is 4.74 Å². The lowest BCUT2D eigenvalue weighted by molar-refractivity contribution is 0.0224. The highest BCUT2D eigenvalue weighted by molar-refractivity contribution is 5.69. The van der Waals surface area contributed by atoms with Gasteiger partial charge in [0.15, 0.2) is 0 Å². The topological polar surface area (TPSA) is 45.7 Å². The van der Waals surface area contributed by atoms with E-state index in [9.17, 15) is 4.79 Å². The van der Waals surface area contributed by atoms with E-state index in [4.69, 9.17) is 9.72 Å². The van der Waals surface area contributed by atoms with E-state index in [1.165, 1.54) is 25.7 Å². The molecule has 0 aliphatic carbocycles. The normalized spacial score (nSPS) is 22.0. The van der Waals surface area contributed by atoms with Crippen molar-refractivity contribution < 1.29 is 9.53 Å².